The largest absolute Gasteiger partial charge is 0.383 e. The number of nitrogens with one attached hydrogen (secondary N) is 1. The molecule has 1 saturated heterocycles. The summed E-state index contributed by atoms with van der Waals surface area (Å²) in [4.78, 5) is 19.2. The van der Waals surface area contributed by atoms with Crippen LogP contribution in [-0.2, 0) is 11.3 Å². The number of piperidine rings is 1. The van der Waals surface area contributed by atoms with Crippen LogP contribution in [0, 0.1) is 19.3 Å². The Morgan fingerprint density at radius 2 is 1.91 bits per heavy atom. The summed E-state index contributed by atoms with van der Waals surface area (Å²) in [7, 11) is 1.68. The average Bonchev–Trinajstić information content (AvgIpc) is 3.27. The van der Waals surface area contributed by atoms with E-state index in [0.29, 0.717) is 18.6 Å². The van der Waals surface area contributed by atoms with Gasteiger partial charge in [0.2, 0.25) is 0 Å². The molecule has 2 aromatic heterocycles. The lowest BCUT2D eigenvalue weighted by atomic mass is 9.69. The normalized spacial score (nSPS) is 19.6. The maximum Gasteiger partial charge on any atom is 0.253 e. The van der Waals surface area contributed by atoms with Crippen molar-refractivity contribution in [2.75, 3.05) is 26.8 Å². The summed E-state index contributed by atoms with van der Waals surface area (Å²) in [6, 6.07) is 6.03. The highest BCUT2D eigenvalue weighted by atomic mass is 16.5. The number of hydrogen-bond donors (Lipinski definition) is 1. The predicted molar refractivity (Wildman–Crippen MR) is 132 cm³/mol. The number of rotatable bonds is 6. The van der Waals surface area contributed by atoms with Crippen molar-refractivity contribution in [1.82, 2.24) is 30.1 Å². The molecule has 182 valence electrons. The van der Waals surface area contributed by atoms with Gasteiger partial charge < -0.3 is 9.72 Å². The molecule has 0 unspecified atom stereocenters. The standard InChI is InChI=1S/C26H36N6O2/c1-18-14-19(2)22-20(15-18)16-21(25(33)27-22)23(24-28-29-30-32(24)12-13-34-3)31-11-7-10-26(17-31)8-5-4-6-9-26/h14-16,23H,4-13,17H2,1-3H3,(H,27,33)/t23-/m0/s1. The van der Waals surface area contributed by atoms with Crippen LogP contribution in [-0.4, -0.2) is 56.9 Å². The maximum atomic E-state index is 13.6. The third kappa shape index (κ3) is 4.41. The number of likely N-dealkylation sites (tertiary alicyclic amines) is 1. The highest BCUT2D eigenvalue weighted by Crippen LogP contribution is 2.45. The number of aromatic amines is 1. The van der Waals surface area contributed by atoms with Gasteiger partial charge in [-0.2, -0.15) is 0 Å². The summed E-state index contributed by atoms with van der Waals surface area (Å²) in [5.41, 5.74) is 4.17. The number of fused-ring (bicyclic) bond motifs is 1. The molecular formula is C26H36N6O2. The van der Waals surface area contributed by atoms with Gasteiger partial charge in [0.05, 0.1) is 18.7 Å². The second-order valence-corrected chi connectivity index (χ2v) is 10.4. The van der Waals surface area contributed by atoms with E-state index in [2.05, 4.69) is 50.5 Å². The van der Waals surface area contributed by atoms with Gasteiger partial charge in [0.1, 0.15) is 6.04 Å². The molecule has 0 radical (unpaired) electrons. The van der Waals surface area contributed by atoms with Gasteiger partial charge in [-0.1, -0.05) is 30.9 Å². The molecule has 34 heavy (non-hydrogen) atoms. The van der Waals surface area contributed by atoms with Crippen molar-refractivity contribution in [2.24, 2.45) is 5.41 Å². The zero-order valence-corrected chi connectivity index (χ0v) is 20.6. The number of pyridine rings is 1. The lowest BCUT2D eigenvalue weighted by molar-refractivity contribution is 0.0335. The van der Waals surface area contributed by atoms with E-state index >= 15 is 0 Å². The van der Waals surface area contributed by atoms with Gasteiger partial charge in [-0.05, 0) is 85.0 Å². The van der Waals surface area contributed by atoms with E-state index in [4.69, 9.17) is 4.74 Å². The molecule has 0 bridgehead atoms. The van der Waals surface area contributed by atoms with E-state index in [1.165, 1.54) is 44.1 Å². The molecule has 0 amide bonds. The van der Waals surface area contributed by atoms with Gasteiger partial charge in [0.25, 0.3) is 5.56 Å². The summed E-state index contributed by atoms with van der Waals surface area (Å²) in [5.74, 6) is 0.721. The molecule has 8 nitrogen and oxygen atoms in total. The van der Waals surface area contributed by atoms with Crippen molar-refractivity contribution in [1.29, 1.82) is 0 Å². The van der Waals surface area contributed by atoms with Crippen LogP contribution in [0.2, 0.25) is 0 Å². The fraction of sp³-hybridized carbons (Fsp3) is 0.615. The molecule has 1 atom stereocenters. The van der Waals surface area contributed by atoms with Crippen LogP contribution in [0.25, 0.3) is 10.9 Å². The van der Waals surface area contributed by atoms with Crippen LogP contribution in [0.5, 0.6) is 0 Å². The first-order valence-corrected chi connectivity index (χ1v) is 12.6. The van der Waals surface area contributed by atoms with Gasteiger partial charge in [-0.3, -0.25) is 9.69 Å². The summed E-state index contributed by atoms with van der Waals surface area (Å²) >= 11 is 0. The number of ether oxygens (including phenoxy) is 1. The molecule has 2 fully saturated rings. The van der Waals surface area contributed by atoms with Crippen molar-refractivity contribution in [3.63, 3.8) is 0 Å². The van der Waals surface area contributed by atoms with Gasteiger partial charge in [0.15, 0.2) is 5.82 Å². The summed E-state index contributed by atoms with van der Waals surface area (Å²) in [6.07, 6.45) is 8.91. The zero-order chi connectivity index (χ0) is 23.7. The van der Waals surface area contributed by atoms with Crippen LogP contribution in [0.1, 0.15) is 73.5 Å². The number of H-pyrrole nitrogens is 1. The fourth-order valence-corrected chi connectivity index (χ4v) is 6.33. The first kappa shape index (κ1) is 23.2. The Hall–Kier alpha value is -2.58. The highest BCUT2D eigenvalue weighted by molar-refractivity contribution is 5.83. The van der Waals surface area contributed by atoms with Crippen molar-refractivity contribution in [2.45, 2.75) is 71.4 Å². The van der Waals surface area contributed by atoms with Gasteiger partial charge in [0, 0.05) is 19.2 Å². The zero-order valence-electron chi connectivity index (χ0n) is 20.6. The number of tetrazole rings is 1. The Morgan fingerprint density at radius 1 is 1.12 bits per heavy atom. The first-order chi connectivity index (χ1) is 16.5. The van der Waals surface area contributed by atoms with Crippen LogP contribution in [0.4, 0.5) is 0 Å². The molecule has 3 aromatic rings. The fourth-order valence-electron chi connectivity index (χ4n) is 6.33. The minimum atomic E-state index is -0.292. The quantitative estimate of drug-likeness (QED) is 0.595. The lowest BCUT2D eigenvalue weighted by Gasteiger charge is -2.47. The summed E-state index contributed by atoms with van der Waals surface area (Å²) < 4.78 is 7.11. The maximum absolute atomic E-state index is 13.6. The summed E-state index contributed by atoms with van der Waals surface area (Å²) in [5, 5.41) is 13.8. The molecule has 2 aliphatic rings. The van der Waals surface area contributed by atoms with E-state index in [-0.39, 0.29) is 11.6 Å². The SMILES string of the molecule is COCCn1nnnc1[C@H](c1cc2cc(C)cc(C)c2[nH]c1=O)N1CCCC2(CCCCC2)C1. The van der Waals surface area contributed by atoms with Crippen LogP contribution < -0.4 is 5.56 Å². The van der Waals surface area contributed by atoms with E-state index < -0.39 is 0 Å². The monoisotopic (exact) mass is 464 g/mol. The van der Waals surface area contributed by atoms with Gasteiger partial charge in [-0.15, -0.1) is 5.10 Å². The predicted octanol–water partition coefficient (Wildman–Crippen LogP) is 3.91. The molecule has 1 spiro atoms. The smallest absolute Gasteiger partial charge is 0.253 e. The van der Waals surface area contributed by atoms with E-state index in [9.17, 15) is 4.79 Å². The Balaban J connectivity index is 1.62. The third-order valence-corrected chi connectivity index (χ3v) is 7.90. The third-order valence-electron chi connectivity index (χ3n) is 7.90. The van der Waals surface area contributed by atoms with Crippen molar-refractivity contribution in [3.05, 3.63) is 51.1 Å². The van der Waals surface area contributed by atoms with Crippen molar-refractivity contribution >= 4 is 10.9 Å². The second kappa shape index (κ2) is 9.58. The molecule has 1 aliphatic heterocycles. The number of aryl methyl sites for hydroxylation is 2. The number of hydrogen-bond acceptors (Lipinski definition) is 6. The van der Waals surface area contributed by atoms with Gasteiger partial charge >= 0.3 is 0 Å². The second-order valence-electron chi connectivity index (χ2n) is 10.4. The Labute approximate surface area is 200 Å². The average molecular weight is 465 g/mol. The van der Waals surface area contributed by atoms with Crippen LogP contribution in [0.15, 0.2) is 23.0 Å². The minimum absolute atomic E-state index is 0.0611. The van der Waals surface area contributed by atoms with Crippen LogP contribution in [0.3, 0.4) is 0 Å². The van der Waals surface area contributed by atoms with E-state index in [1.54, 1.807) is 11.8 Å². The first-order valence-electron chi connectivity index (χ1n) is 12.6. The van der Waals surface area contributed by atoms with E-state index in [0.717, 1.165) is 47.4 Å². The molecule has 1 N–H and O–H groups in total. The lowest BCUT2D eigenvalue weighted by Crippen LogP contribution is -2.47. The number of methoxy groups -OCH3 is 1. The molecule has 1 aliphatic carbocycles. The molecule has 8 heteroatoms. The molecule has 1 aromatic carbocycles. The number of benzene rings is 1. The Morgan fingerprint density at radius 3 is 2.71 bits per heavy atom. The van der Waals surface area contributed by atoms with Crippen LogP contribution >= 0.6 is 0 Å². The van der Waals surface area contributed by atoms with E-state index in [1.807, 2.05) is 6.92 Å². The molecule has 5 rings (SSSR count). The number of aromatic nitrogens is 5. The minimum Gasteiger partial charge on any atom is -0.383 e. The molecule has 1 saturated carbocycles. The van der Waals surface area contributed by atoms with Crippen molar-refractivity contribution < 1.29 is 4.74 Å². The van der Waals surface area contributed by atoms with Gasteiger partial charge in [-0.25, -0.2) is 4.68 Å². The Bertz CT molecular complexity index is 1200. The summed E-state index contributed by atoms with van der Waals surface area (Å²) in [6.45, 7) is 7.13. The molecule has 3 heterocycles. The topological polar surface area (TPSA) is 88.9 Å². The van der Waals surface area contributed by atoms with Crippen molar-refractivity contribution in [3.8, 4) is 0 Å². The number of nitrogens with zero attached hydrogens (tertiary/aromatic N) is 5. The Kier molecular flexibility index (Phi) is 6.53. The molecular weight excluding hydrogens is 428 g/mol. The highest BCUT2D eigenvalue weighted by Gasteiger charge is 2.41.